The molecule has 2 rings (SSSR count). The molecule has 0 radical (unpaired) electrons. The zero-order valence-electron chi connectivity index (χ0n) is 10.7. The summed E-state index contributed by atoms with van der Waals surface area (Å²) in [5.41, 5.74) is -0.584. The summed E-state index contributed by atoms with van der Waals surface area (Å²) >= 11 is 5.61. The predicted molar refractivity (Wildman–Crippen MR) is 71.5 cm³/mol. The van der Waals surface area contributed by atoms with Gasteiger partial charge in [-0.3, -0.25) is 0 Å². The number of alkyl halides is 3. The average Bonchev–Trinajstić information content (AvgIpc) is 2.41. The molecule has 0 heterocycles. The van der Waals surface area contributed by atoms with E-state index in [1.165, 1.54) is 24.3 Å². The van der Waals surface area contributed by atoms with E-state index in [-0.39, 0.29) is 22.6 Å². The van der Waals surface area contributed by atoms with Gasteiger partial charge in [-0.1, -0.05) is 29.8 Å². The third-order valence-corrected chi connectivity index (χ3v) is 3.26. The first kappa shape index (κ1) is 15.8. The molecule has 112 valence electrons. The molecule has 21 heavy (non-hydrogen) atoms. The van der Waals surface area contributed by atoms with Crippen molar-refractivity contribution in [2.24, 2.45) is 0 Å². The number of hydrogen-bond donors (Lipinski definition) is 1. The van der Waals surface area contributed by atoms with Crippen LogP contribution in [0.2, 0.25) is 5.02 Å². The number of hydrogen-bond acceptors (Lipinski definition) is 1. The molecule has 6 heteroatoms. The molecule has 2 aromatic carbocycles. The van der Waals surface area contributed by atoms with Gasteiger partial charge in [0.15, 0.2) is 0 Å². The topological polar surface area (TPSA) is 20.2 Å². The molecule has 0 spiro atoms. The molecule has 0 bridgehead atoms. The van der Waals surface area contributed by atoms with Crippen molar-refractivity contribution in [3.05, 3.63) is 70.0 Å². The van der Waals surface area contributed by atoms with Gasteiger partial charge in [0.1, 0.15) is 5.82 Å². The molecule has 0 fully saturated rings. The van der Waals surface area contributed by atoms with Gasteiger partial charge in [0.05, 0.1) is 11.7 Å². The SMILES string of the molecule is OC(Cc1ccc(Cl)cc1F)c1cccc(C(F)(F)F)c1. The summed E-state index contributed by atoms with van der Waals surface area (Å²) in [6, 6.07) is 8.30. The first-order valence-corrected chi connectivity index (χ1v) is 6.44. The normalized spacial score (nSPS) is 13.2. The molecule has 0 aliphatic heterocycles. The van der Waals surface area contributed by atoms with Gasteiger partial charge in [0.2, 0.25) is 0 Å². The van der Waals surface area contributed by atoms with Gasteiger partial charge >= 0.3 is 6.18 Å². The second-order valence-corrected chi connectivity index (χ2v) is 5.02. The third kappa shape index (κ3) is 3.95. The Bertz CT molecular complexity index is 640. The molecular weight excluding hydrogens is 308 g/mol. The van der Waals surface area contributed by atoms with E-state index in [4.69, 9.17) is 11.6 Å². The van der Waals surface area contributed by atoms with Crippen LogP contribution in [0.25, 0.3) is 0 Å². The van der Waals surface area contributed by atoms with E-state index in [0.29, 0.717) is 0 Å². The summed E-state index contributed by atoms with van der Waals surface area (Å²) in [4.78, 5) is 0. The van der Waals surface area contributed by atoms with Crippen molar-refractivity contribution in [2.75, 3.05) is 0 Å². The summed E-state index contributed by atoms with van der Waals surface area (Å²) in [6.07, 6.45) is -5.85. The lowest BCUT2D eigenvalue weighted by molar-refractivity contribution is -0.137. The fraction of sp³-hybridized carbons (Fsp3) is 0.200. The highest BCUT2D eigenvalue weighted by atomic mass is 35.5. The van der Waals surface area contributed by atoms with Crippen molar-refractivity contribution < 1.29 is 22.7 Å². The fourth-order valence-corrected chi connectivity index (χ4v) is 2.09. The Hall–Kier alpha value is -1.59. The first-order valence-electron chi connectivity index (χ1n) is 6.06. The number of rotatable bonds is 3. The van der Waals surface area contributed by atoms with Crippen LogP contribution in [0.3, 0.4) is 0 Å². The lowest BCUT2D eigenvalue weighted by atomic mass is 9.99. The van der Waals surface area contributed by atoms with Crippen molar-refractivity contribution in [3.8, 4) is 0 Å². The smallest absolute Gasteiger partial charge is 0.388 e. The minimum absolute atomic E-state index is 0.0826. The van der Waals surface area contributed by atoms with Crippen molar-refractivity contribution in [3.63, 3.8) is 0 Å². The van der Waals surface area contributed by atoms with Crippen LogP contribution in [0, 0.1) is 5.82 Å². The summed E-state index contributed by atoms with van der Waals surface area (Å²) in [5, 5.41) is 10.2. The minimum Gasteiger partial charge on any atom is -0.388 e. The molecule has 0 saturated heterocycles. The Balaban J connectivity index is 2.22. The summed E-state index contributed by atoms with van der Waals surface area (Å²) < 4.78 is 51.5. The molecule has 0 aliphatic carbocycles. The average molecular weight is 319 g/mol. The van der Waals surface area contributed by atoms with Crippen molar-refractivity contribution >= 4 is 11.6 Å². The third-order valence-electron chi connectivity index (χ3n) is 3.03. The van der Waals surface area contributed by atoms with E-state index in [2.05, 4.69) is 0 Å². The minimum atomic E-state index is -4.48. The van der Waals surface area contributed by atoms with E-state index in [0.717, 1.165) is 18.2 Å². The van der Waals surface area contributed by atoms with Gasteiger partial charge < -0.3 is 5.11 Å². The van der Waals surface area contributed by atoms with Crippen molar-refractivity contribution in [1.29, 1.82) is 0 Å². The number of benzene rings is 2. The summed E-state index contributed by atoms with van der Waals surface area (Å²) in [5.74, 6) is -0.603. The Labute approximate surface area is 123 Å². The van der Waals surface area contributed by atoms with Crippen LogP contribution in [0.4, 0.5) is 17.6 Å². The second-order valence-electron chi connectivity index (χ2n) is 4.58. The zero-order chi connectivity index (χ0) is 15.6. The summed E-state index contributed by atoms with van der Waals surface area (Å²) in [6.45, 7) is 0. The lowest BCUT2D eigenvalue weighted by Gasteiger charge is -2.14. The molecule has 0 aromatic heterocycles. The standard InChI is InChI=1S/C15H11ClF4O/c16-12-5-4-9(13(17)8-12)7-14(21)10-2-1-3-11(6-10)15(18,19)20/h1-6,8,14,21H,7H2. The van der Waals surface area contributed by atoms with Gasteiger partial charge in [-0.15, -0.1) is 0 Å². The Kier molecular flexibility index (Phi) is 4.54. The summed E-state index contributed by atoms with van der Waals surface area (Å²) in [7, 11) is 0. The van der Waals surface area contributed by atoms with Crippen LogP contribution in [-0.4, -0.2) is 5.11 Å². The highest BCUT2D eigenvalue weighted by Gasteiger charge is 2.30. The van der Waals surface area contributed by atoms with Gasteiger partial charge in [0, 0.05) is 11.4 Å². The molecule has 0 saturated carbocycles. The Morgan fingerprint density at radius 2 is 1.81 bits per heavy atom. The van der Waals surface area contributed by atoms with E-state index in [1.54, 1.807) is 0 Å². The Morgan fingerprint density at radius 1 is 1.10 bits per heavy atom. The lowest BCUT2D eigenvalue weighted by Crippen LogP contribution is -2.08. The first-order chi connectivity index (χ1) is 9.77. The highest BCUT2D eigenvalue weighted by molar-refractivity contribution is 6.30. The van der Waals surface area contributed by atoms with Gasteiger partial charge in [0.25, 0.3) is 0 Å². The van der Waals surface area contributed by atoms with E-state index >= 15 is 0 Å². The molecule has 1 N–H and O–H groups in total. The van der Waals surface area contributed by atoms with Crippen LogP contribution in [0.1, 0.15) is 22.8 Å². The Morgan fingerprint density at radius 3 is 2.43 bits per heavy atom. The number of aliphatic hydroxyl groups is 1. The van der Waals surface area contributed by atoms with Crippen LogP contribution >= 0.6 is 11.6 Å². The largest absolute Gasteiger partial charge is 0.416 e. The van der Waals surface area contributed by atoms with E-state index < -0.39 is 23.7 Å². The molecule has 1 unspecified atom stereocenters. The van der Waals surface area contributed by atoms with Crippen LogP contribution in [0.15, 0.2) is 42.5 Å². The van der Waals surface area contributed by atoms with Gasteiger partial charge in [-0.2, -0.15) is 13.2 Å². The maximum Gasteiger partial charge on any atom is 0.416 e. The highest BCUT2D eigenvalue weighted by Crippen LogP contribution is 2.31. The van der Waals surface area contributed by atoms with E-state index in [9.17, 15) is 22.7 Å². The zero-order valence-corrected chi connectivity index (χ0v) is 11.4. The van der Waals surface area contributed by atoms with E-state index in [1.807, 2.05) is 0 Å². The maximum absolute atomic E-state index is 13.6. The molecule has 2 aromatic rings. The second kappa shape index (κ2) is 6.03. The fourth-order valence-electron chi connectivity index (χ4n) is 1.94. The van der Waals surface area contributed by atoms with Crippen LogP contribution in [0.5, 0.6) is 0 Å². The monoisotopic (exact) mass is 318 g/mol. The number of halogens is 5. The van der Waals surface area contributed by atoms with Crippen LogP contribution < -0.4 is 0 Å². The van der Waals surface area contributed by atoms with Crippen molar-refractivity contribution in [2.45, 2.75) is 18.7 Å². The van der Waals surface area contributed by atoms with Gasteiger partial charge in [-0.05, 0) is 35.4 Å². The molecule has 0 aliphatic rings. The molecular formula is C15H11ClF4O. The molecule has 1 atom stereocenters. The molecule has 1 nitrogen and oxygen atoms in total. The molecule has 0 amide bonds. The number of aliphatic hydroxyl groups excluding tert-OH is 1. The quantitative estimate of drug-likeness (QED) is 0.808. The predicted octanol–water partition coefficient (Wildman–Crippen LogP) is 4.77. The van der Waals surface area contributed by atoms with Gasteiger partial charge in [-0.25, -0.2) is 4.39 Å². The maximum atomic E-state index is 13.6. The van der Waals surface area contributed by atoms with Crippen LogP contribution in [-0.2, 0) is 12.6 Å². The van der Waals surface area contributed by atoms with Crippen molar-refractivity contribution in [1.82, 2.24) is 0 Å².